The zero-order chi connectivity index (χ0) is 13.3. The molecule has 0 unspecified atom stereocenters. The average Bonchev–Trinajstić information content (AvgIpc) is 2.85. The van der Waals surface area contributed by atoms with Gasteiger partial charge in [0.05, 0.1) is 0 Å². The quantitative estimate of drug-likeness (QED) is 0.384. The minimum atomic E-state index is -1.29. The molecule has 2 heteroatoms. The first-order valence-corrected chi connectivity index (χ1v) is 10.7. The first-order valence-electron chi connectivity index (χ1n) is 7.54. The van der Waals surface area contributed by atoms with Crippen LogP contribution in [0.1, 0.15) is 44.9 Å². The van der Waals surface area contributed by atoms with Gasteiger partial charge in [0, 0.05) is 7.11 Å². The molecule has 0 aromatic rings. The summed E-state index contributed by atoms with van der Waals surface area (Å²) in [6, 6.07) is 1.32. The molecule has 0 saturated heterocycles. The molecule has 1 rings (SSSR count). The summed E-state index contributed by atoms with van der Waals surface area (Å²) >= 11 is 0. The van der Waals surface area contributed by atoms with E-state index < -0.39 is 8.32 Å². The van der Waals surface area contributed by atoms with Crippen LogP contribution in [0, 0.1) is 5.92 Å². The largest absolute Gasteiger partial charge is 0.420 e. The lowest BCUT2D eigenvalue weighted by molar-refractivity contribution is 0.400. The maximum atomic E-state index is 5.57. The van der Waals surface area contributed by atoms with Crippen molar-refractivity contribution in [2.45, 2.75) is 64.1 Å². The third-order valence-corrected chi connectivity index (χ3v) is 6.61. The summed E-state index contributed by atoms with van der Waals surface area (Å²) in [5, 5.41) is 0. The highest BCUT2D eigenvalue weighted by Crippen LogP contribution is 2.19. The molecule has 0 heterocycles. The monoisotopic (exact) mass is 266 g/mol. The van der Waals surface area contributed by atoms with Gasteiger partial charge in [0.2, 0.25) is 0 Å². The van der Waals surface area contributed by atoms with Crippen LogP contribution in [-0.2, 0) is 4.43 Å². The van der Waals surface area contributed by atoms with Crippen LogP contribution >= 0.6 is 0 Å². The minimum absolute atomic E-state index is 0.735. The van der Waals surface area contributed by atoms with Crippen LogP contribution in [-0.4, -0.2) is 15.4 Å². The van der Waals surface area contributed by atoms with Crippen molar-refractivity contribution in [2.24, 2.45) is 5.92 Å². The molecule has 104 valence electrons. The Morgan fingerprint density at radius 3 is 2.06 bits per heavy atom. The van der Waals surface area contributed by atoms with E-state index in [0.29, 0.717) is 0 Å². The van der Waals surface area contributed by atoms with Crippen LogP contribution in [0.5, 0.6) is 0 Å². The van der Waals surface area contributed by atoms with Gasteiger partial charge in [-0.15, -0.1) is 0 Å². The standard InChI is InChI=1S/C16H30OSi/c1-17-18(2,3)15-11-7-5-4-6-8-12-16-13-9-10-14-16/h9-10,13-14,16H,4-8,11-12,15H2,1-3H3. The number of rotatable bonds is 10. The summed E-state index contributed by atoms with van der Waals surface area (Å²) < 4.78 is 5.57. The second-order valence-corrected chi connectivity index (χ2v) is 10.5. The molecule has 0 saturated carbocycles. The lowest BCUT2D eigenvalue weighted by atomic mass is 10.0. The second kappa shape index (κ2) is 8.71. The molecular weight excluding hydrogens is 236 g/mol. The normalized spacial score (nSPS) is 15.7. The van der Waals surface area contributed by atoms with Crippen LogP contribution in [0.4, 0.5) is 0 Å². The SMILES string of the molecule is CO[Si](C)(C)CCCCCCCCC1C=CC=C1. The van der Waals surface area contributed by atoms with E-state index in [0.717, 1.165) is 5.92 Å². The Hall–Kier alpha value is -0.343. The molecule has 18 heavy (non-hydrogen) atoms. The van der Waals surface area contributed by atoms with Gasteiger partial charge in [-0.25, -0.2) is 0 Å². The highest BCUT2D eigenvalue weighted by Gasteiger charge is 2.18. The van der Waals surface area contributed by atoms with Crippen molar-refractivity contribution in [1.29, 1.82) is 0 Å². The maximum Gasteiger partial charge on any atom is 0.186 e. The highest BCUT2D eigenvalue weighted by atomic mass is 28.4. The van der Waals surface area contributed by atoms with Gasteiger partial charge in [-0.3, -0.25) is 0 Å². The van der Waals surface area contributed by atoms with Gasteiger partial charge >= 0.3 is 0 Å². The van der Waals surface area contributed by atoms with Crippen LogP contribution in [0.25, 0.3) is 0 Å². The molecule has 0 aromatic heterocycles. The van der Waals surface area contributed by atoms with Crippen molar-refractivity contribution in [2.75, 3.05) is 7.11 Å². The zero-order valence-corrected chi connectivity index (χ0v) is 13.5. The molecule has 0 atom stereocenters. The Labute approximate surface area is 114 Å². The molecule has 0 amide bonds. The summed E-state index contributed by atoms with van der Waals surface area (Å²) in [5.41, 5.74) is 0. The fourth-order valence-corrected chi connectivity index (χ4v) is 3.72. The van der Waals surface area contributed by atoms with E-state index in [2.05, 4.69) is 37.4 Å². The van der Waals surface area contributed by atoms with E-state index >= 15 is 0 Å². The first-order chi connectivity index (χ1) is 8.64. The molecule has 0 N–H and O–H groups in total. The Balaban J connectivity index is 1.84. The molecule has 0 spiro atoms. The topological polar surface area (TPSA) is 9.23 Å². The Morgan fingerprint density at radius 2 is 1.44 bits per heavy atom. The van der Waals surface area contributed by atoms with Gasteiger partial charge in [-0.1, -0.05) is 62.8 Å². The highest BCUT2D eigenvalue weighted by molar-refractivity contribution is 6.71. The van der Waals surface area contributed by atoms with Crippen LogP contribution in [0.2, 0.25) is 19.1 Å². The Bertz CT molecular complexity index is 256. The number of hydrogen-bond acceptors (Lipinski definition) is 1. The Morgan fingerprint density at radius 1 is 0.889 bits per heavy atom. The van der Waals surface area contributed by atoms with E-state index in [9.17, 15) is 0 Å². The molecule has 0 aliphatic heterocycles. The van der Waals surface area contributed by atoms with Gasteiger partial charge in [-0.05, 0) is 31.5 Å². The van der Waals surface area contributed by atoms with Crippen LogP contribution < -0.4 is 0 Å². The van der Waals surface area contributed by atoms with E-state index in [1.54, 1.807) is 0 Å². The molecule has 0 fully saturated rings. The fraction of sp³-hybridized carbons (Fsp3) is 0.750. The van der Waals surface area contributed by atoms with Crippen molar-refractivity contribution in [3.05, 3.63) is 24.3 Å². The predicted octanol–water partition coefficient (Wildman–Crippen LogP) is 5.31. The summed E-state index contributed by atoms with van der Waals surface area (Å²) in [7, 11) is 0.587. The summed E-state index contributed by atoms with van der Waals surface area (Å²) in [6.45, 7) is 4.63. The van der Waals surface area contributed by atoms with Gasteiger partial charge in [0.15, 0.2) is 8.32 Å². The van der Waals surface area contributed by atoms with Crippen molar-refractivity contribution in [3.8, 4) is 0 Å². The molecule has 0 aromatic carbocycles. The maximum absolute atomic E-state index is 5.57. The summed E-state index contributed by atoms with van der Waals surface area (Å²) in [6.07, 6.45) is 18.7. The van der Waals surface area contributed by atoms with Crippen molar-refractivity contribution in [3.63, 3.8) is 0 Å². The fourth-order valence-electron chi connectivity index (χ4n) is 2.41. The molecular formula is C16H30OSi. The smallest absolute Gasteiger partial charge is 0.186 e. The average molecular weight is 267 g/mol. The Kier molecular flexibility index (Phi) is 7.60. The van der Waals surface area contributed by atoms with Gasteiger partial charge < -0.3 is 4.43 Å². The number of allylic oxidation sites excluding steroid dienone is 4. The van der Waals surface area contributed by atoms with E-state index in [1.165, 1.54) is 51.0 Å². The molecule has 0 bridgehead atoms. The van der Waals surface area contributed by atoms with Crippen LogP contribution in [0.3, 0.4) is 0 Å². The van der Waals surface area contributed by atoms with E-state index in [4.69, 9.17) is 4.43 Å². The van der Waals surface area contributed by atoms with Gasteiger partial charge in [0.25, 0.3) is 0 Å². The summed E-state index contributed by atoms with van der Waals surface area (Å²) in [5.74, 6) is 0.735. The first kappa shape index (κ1) is 15.7. The van der Waals surface area contributed by atoms with Gasteiger partial charge in [-0.2, -0.15) is 0 Å². The second-order valence-electron chi connectivity index (χ2n) is 6.06. The predicted molar refractivity (Wildman–Crippen MR) is 83.4 cm³/mol. The molecule has 0 radical (unpaired) electrons. The lowest BCUT2D eigenvalue weighted by Gasteiger charge is -2.19. The molecule has 1 aliphatic carbocycles. The number of unbranched alkanes of at least 4 members (excludes halogenated alkanes) is 5. The van der Waals surface area contributed by atoms with Crippen LogP contribution in [0.15, 0.2) is 24.3 Å². The third kappa shape index (κ3) is 7.17. The molecule has 1 aliphatic rings. The van der Waals surface area contributed by atoms with E-state index in [1.807, 2.05) is 7.11 Å². The van der Waals surface area contributed by atoms with Crippen molar-refractivity contribution < 1.29 is 4.43 Å². The van der Waals surface area contributed by atoms with E-state index in [-0.39, 0.29) is 0 Å². The third-order valence-electron chi connectivity index (χ3n) is 3.95. The van der Waals surface area contributed by atoms with Gasteiger partial charge in [0.1, 0.15) is 0 Å². The van der Waals surface area contributed by atoms with Crippen molar-refractivity contribution >= 4 is 8.32 Å². The summed E-state index contributed by atoms with van der Waals surface area (Å²) in [4.78, 5) is 0. The number of hydrogen-bond donors (Lipinski definition) is 0. The zero-order valence-electron chi connectivity index (χ0n) is 12.5. The van der Waals surface area contributed by atoms with Crippen molar-refractivity contribution in [1.82, 2.24) is 0 Å². The lowest BCUT2D eigenvalue weighted by Crippen LogP contribution is -2.27. The minimum Gasteiger partial charge on any atom is -0.420 e. The molecule has 1 nitrogen and oxygen atoms in total.